The van der Waals surface area contributed by atoms with E-state index in [1.165, 1.54) is 6.42 Å². The largest absolute Gasteiger partial charge is 2.00 e. The summed E-state index contributed by atoms with van der Waals surface area (Å²) in [5.74, 6) is 0. The van der Waals surface area contributed by atoms with Gasteiger partial charge in [0, 0.05) is 0 Å². The monoisotopic (exact) mass is 298 g/mol. The zero-order chi connectivity index (χ0) is 6.91. The molecular weight excluding hydrogens is 286 g/mol. The molecule has 0 unspecified atom stereocenters. The molecule has 0 aliphatic heterocycles. The van der Waals surface area contributed by atoms with Gasteiger partial charge in [-0.2, -0.15) is 0 Å². The van der Waals surface area contributed by atoms with Crippen molar-refractivity contribution in [2.45, 2.75) is 26.1 Å². The van der Waals surface area contributed by atoms with Crippen molar-refractivity contribution in [3.05, 3.63) is 23.4 Å². The third kappa shape index (κ3) is 5.75. The van der Waals surface area contributed by atoms with E-state index in [1.54, 1.807) is 5.20 Å². The Labute approximate surface area is 108 Å². The van der Waals surface area contributed by atoms with Crippen molar-refractivity contribution in [1.82, 2.24) is 0 Å². The van der Waals surface area contributed by atoms with E-state index >= 15 is 0 Å². The summed E-state index contributed by atoms with van der Waals surface area (Å²) in [4.78, 5) is 0. The summed E-state index contributed by atoms with van der Waals surface area (Å²) in [7, 11) is -0.950. The minimum atomic E-state index is -0.950. The van der Waals surface area contributed by atoms with E-state index in [-0.39, 0.29) is 51.0 Å². The molecule has 12 heavy (non-hydrogen) atoms. The molecule has 0 aromatic heterocycles. The third-order valence-electron chi connectivity index (χ3n) is 1.64. The van der Waals surface area contributed by atoms with Crippen LogP contribution in [0.1, 0.15) is 6.42 Å². The van der Waals surface area contributed by atoms with E-state index in [1.807, 2.05) is 0 Å². The number of rotatable bonds is 1. The molecule has 0 N–H and O–H groups in total. The van der Waals surface area contributed by atoms with E-state index < -0.39 is 8.07 Å². The minimum absolute atomic E-state index is 0. The van der Waals surface area contributed by atoms with Crippen molar-refractivity contribution in [2.75, 3.05) is 0 Å². The van der Waals surface area contributed by atoms with Gasteiger partial charge in [0.15, 0.2) is 0 Å². The quantitative estimate of drug-likeness (QED) is 0.447. The van der Waals surface area contributed by atoms with Crippen LogP contribution in [0.3, 0.4) is 0 Å². The Morgan fingerprint density at radius 3 is 1.83 bits per heavy atom. The minimum Gasteiger partial charge on any atom is -1.00 e. The van der Waals surface area contributed by atoms with E-state index in [0.29, 0.717) is 0 Å². The fourth-order valence-corrected chi connectivity index (χ4v) is 2.36. The Kier molecular flexibility index (Phi) is 11.9. The Balaban J connectivity index is -0.000000270. The molecule has 0 bridgehead atoms. The molecule has 0 heterocycles. The number of hydrogen-bond acceptors (Lipinski definition) is 0. The fourth-order valence-electron chi connectivity index (χ4n) is 1.01. The second-order valence-electron chi connectivity index (χ2n) is 3.55. The molecule has 0 radical (unpaired) electrons. The maximum absolute atomic E-state index is 2.38. The van der Waals surface area contributed by atoms with Crippen molar-refractivity contribution >= 4 is 8.07 Å². The summed E-state index contributed by atoms with van der Waals surface area (Å²) in [6.07, 6.45) is 8.05. The van der Waals surface area contributed by atoms with Gasteiger partial charge in [0.1, 0.15) is 0 Å². The summed E-state index contributed by atoms with van der Waals surface area (Å²) in [5, 5.41) is 1.61. The van der Waals surface area contributed by atoms with Crippen molar-refractivity contribution in [2.24, 2.45) is 0 Å². The Bertz CT molecular complexity index is 170. The first-order chi connectivity index (χ1) is 4.11. The molecule has 0 atom stereocenters. The van der Waals surface area contributed by atoms with Gasteiger partial charge in [0.25, 0.3) is 0 Å². The van der Waals surface area contributed by atoms with Crippen LogP contribution in [0.15, 0.2) is 23.4 Å². The van der Waals surface area contributed by atoms with Gasteiger partial charge >= 0.3 is 26.2 Å². The smallest absolute Gasteiger partial charge is 1.00 e. The van der Waals surface area contributed by atoms with E-state index in [4.69, 9.17) is 0 Å². The average Bonchev–Trinajstić information content (AvgIpc) is 2.08. The Hall–Kier alpha value is 1.16. The average molecular weight is 300 g/mol. The topological polar surface area (TPSA) is 0 Å². The van der Waals surface area contributed by atoms with Gasteiger partial charge in [-0.3, -0.25) is 0 Å². The molecule has 0 saturated heterocycles. The van der Waals surface area contributed by atoms with Gasteiger partial charge in [-0.1, -0.05) is 43.1 Å². The third-order valence-corrected chi connectivity index (χ3v) is 3.74. The second-order valence-corrected chi connectivity index (χ2v) is 8.62. The summed E-state index contributed by atoms with van der Waals surface area (Å²) in [6, 6.07) is 0. The van der Waals surface area contributed by atoms with Gasteiger partial charge in [0.2, 0.25) is 0 Å². The van der Waals surface area contributed by atoms with Crippen LogP contribution in [0.2, 0.25) is 19.6 Å². The molecule has 0 nitrogen and oxygen atoms in total. The summed E-state index contributed by atoms with van der Waals surface area (Å²) in [5.41, 5.74) is 0. The maximum atomic E-state index is 2.38. The number of hydrogen-bond donors (Lipinski definition) is 0. The molecule has 0 spiro atoms. The number of allylic oxidation sites excluding steroid dienone is 4. The van der Waals surface area contributed by atoms with Crippen LogP contribution in [-0.2, 0) is 26.2 Å². The Morgan fingerprint density at radius 1 is 1.17 bits per heavy atom. The van der Waals surface area contributed by atoms with Crippen LogP contribution in [0, 0.1) is 0 Å². The van der Waals surface area contributed by atoms with Crippen molar-refractivity contribution in [3.63, 3.8) is 0 Å². The van der Waals surface area contributed by atoms with Gasteiger partial charge in [-0.15, -0.1) is 0 Å². The van der Waals surface area contributed by atoms with E-state index in [9.17, 15) is 0 Å². The van der Waals surface area contributed by atoms with Crippen LogP contribution in [0.5, 0.6) is 0 Å². The molecule has 1 aliphatic carbocycles. The zero-order valence-corrected chi connectivity index (χ0v) is 12.7. The first kappa shape index (κ1) is 18.9. The molecule has 0 saturated carbocycles. The summed E-state index contributed by atoms with van der Waals surface area (Å²) in [6.45, 7) is 7.15. The first-order valence-electron chi connectivity index (χ1n) is 3.48. The van der Waals surface area contributed by atoms with Crippen LogP contribution in [0.4, 0.5) is 0 Å². The zero-order valence-electron chi connectivity index (χ0n) is 7.70. The normalized spacial score (nSPS) is 13.8. The SMILES string of the molecule is C[Si](C)(C)C1=CCC=C1.[Cl-].[Cl-].[Zr+2]. The molecule has 68 valence electrons. The molecule has 0 amide bonds. The molecule has 4 heteroatoms. The van der Waals surface area contributed by atoms with Crippen molar-refractivity contribution in [1.29, 1.82) is 0 Å². The van der Waals surface area contributed by atoms with Crippen molar-refractivity contribution in [3.8, 4) is 0 Å². The van der Waals surface area contributed by atoms with Crippen molar-refractivity contribution < 1.29 is 51.0 Å². The summed E-state index contributed by atoms with van der Waals surface area (Å²) < 4.78 is 0. The maximum Gasteiger partial charge on any atom is 2.00 e. The Morgan fingerprint density at radius 2 is 1.67 bits per heavy atom. The van der Waals surface area contributed by atoms with Gasteiger partial charge in [0.05, 0.1) is 8.07 Å². The molecule has 1 aliphatic rings. The molecular formula is C8H14Cl2SiZr. The molecule has 0 aromatic carbocycles. The van der Waals surface area contributed by atoms with E-state index in [0.717, 1.165) is 0 Å². The van der Waals surface area contributed by atoms with Crippen LogP contribution in [0.25, 0.3) is 0 Å². The van der Waals surface area contributed by atoms with Crippen LogP contribution >= 0.6 is 0 Å². The fraction of sp³-hybridized carbons (Fsp3) is 0.500. The molecule has 0 aromatic rings. The van der Waals surface area contributed by atoms with Gasteiger partial charge < -0.3 is 24.8 Å². The number of halogens is 2. The first-order valence-corrected chi connectivity index (χ1v) is 6.98. The predicted molar refractivity (Wildman–Crippen MR) is 45.2 cm³/mol. The van der Waals surface area contributed by atoms with Crippen LogP contribution < -0.4 is 24.8 Å². The predicted octanol–water partition coefficient (Wildman–Crippen LogP) is -3.24. The summed E-state index contributed by atoms with van der Waals surface area (Å²) >= 11 is 0. The standard InChI is InChI=1S/C8H14Si.2ClH.Zr/c1-9(2,3)8-6-4-5-7-8;;;/h4,6-7H,5H2,1-3H3;2*1H;/q;;;+2/p-2. The molecule has 0 fully saturated rings. The van der Waals surface area contributed by atoms with E-state index in [2.05, 4.69) is 37.9 Å². The van der Waals surface area contributed by atoms with Gasteiger partial charge in [-0.05, 0) is 6.42 Å². The van der Waals surface area contributed by atoms with Crippen LogP contribution in [-0.4, -0.2) is 8.07 Å². The van der Waals surface area contributed by atoms with Gasteiger partial charge in [-0.25, -0.2) is 0 Å². The second kappa shape index (κ2) is 7.55. The molecule has 1 rings (SSSR count).